The van der Waals surface area contributed by atoms with Crippen LogP contribution in [0.4, 0.5) is 0 Å². The van der Waals surface area contributed by atoms with Crippen molar-refractivity contribution in [1.82, 2.24) is 9.97 Å². The number of ketones is 1. The van der Waals surface area contributed by atoms with Crippen molar-refractivity contribution in [1.29, 1.82) is 0 Å². The number of hydrogen-bond acceptors (Lipinski definition) is 5. The summed E-state index contributed by atoms with van der Waals surface area (Å²) in [5.41, 5.74) is 0.267. The van der Waals surface area contributed by atoms with Crippen LogP contribution in [-0.2, 0) is 0 Å². The number of aromatic amines is 1. The quantitative estimate of drug-likeness (QED) is 0.495. The number of benzene rings is 1. The Morgan fingerprint density at radius 3 is 2.67 bits per heavy atom. The number of aromatic nitrogens is 2. The molecule has 5 nitrogen and oxygen atoms in total. The molecule has 92 valence electrons. The number of rotatable bonds is 4. The van der Waals surface area contributed by atoms with Crippen molar-refractivity contribution in [2.45, 2.75) is 5.16 Å². The molecule has 0 aliphatic carbocycles. The van der Waals surface area contributed by atoms with Crippen molar-refractivity contribution in [2.24, 2.45) is 0 Å². The lowest BCUT2D eigenvalue weighted by Crippen LogP contribution is -2.07. The second-order valence-corrected chi connectivity index (χ2v) is 4.46. The fraction of sp³-hybridized carbons (Fsp3) is 0.0833. The number of phenolic OH excluding ortho intramolecular Hbond substituents is 1. The molecule has 2 rings (SSSR count). The summed E-state index contributed by atoms with van der Waals surface area (Å²) in [4.78, 5) is 29.3. The average molecular weight is 262 g/mol. The van der Waals surface area contributed by atoms with Crippen LogP contribution in [0.15, 0.2) is 46.5 Å². The van der Waals surface area contributed by atoms with Crippen molar-refractivity contribution in [3.8, 4) is 5.75 Å². The molecule has 0 fully saturated rings. The van der Waals surface area contributed by atoms with Gasteiger partial charge in [-0.2, -0.15) is 0 Å². The van der Waals surface area contributed by atoms with Crippen LogP contribution in [0.1, 0.15) is 10.4 Å². The number of thioether (sulfide) groups is 1. The maximum atomic E-state index is 11.8. The highest BCUT2D eigenvalue weighted by Gasteiger charge is 2.07. The highest BCUT2D eigenvalue weighted by Crippen LogP contribution is 2.15. The molecular formula is C12H10N2O3S. The van der Waals surface area contributed by atoms with Crippen molar-refractivity contribution in [3.63, 3.8) is 0 Å². The first kappa shape index (κ1) is 12.4. The Bertz CT molecular complexity index is 607. The van der Waals surface area contributed by atoms with Gasteiger partial charge in [-0.05, 0) is 24.3 Å². The summed E-state index contributed by atoms with van der Waals surface area (Å²) >= 11 is 1.16. The molecule has 18 heavy (non-hydrogen) atoms. The molecule has 0 bridgehead atoms. The molecule has 1 aromatic heterocycles. The van der Waals surface area contributed by atoms with Crippen LogP contribution in [0.2, 0.25) is 0 Å². The second kappa shape index (κ2) is 5.50. The van der Waals surface area contributed by atoms with Gasteiger partial charge in [-0.15, -0.1) is 0 Å². The number of carbonyl (C=O) groups is 1. The maximum Gasteiger partial charge on any atom is 0.251 e. The summed E-state index contributed by atoms with van der Waals surface area (Å²) in [6, 6.07) is 7.34. The number of phenols is 1. The minimum atomic E-state index is -0.246. The minimum Gasteiger partial charge on any atom is -0.508 e. The molecule has 2 N–H and O–H groups in total. The van der Waals surface area contributed by atoms with E-state index in [4.69, 9.17) is 5.11 Å². The Labute approximate surface area is 107 Å². The van der Waals surface area contributed by atoms with Crippen molar-refractivity contribution in [3.05, 3.63) is 52.4 Å². The van der Waals surface area contributed by atoms with E-state index in [1.54, 1.807) is 12.1 Å². The summed E-state index contributed by atoms with van der Waals surface area (Å²) in [6.45, 7) is 0. The Morgan fingerprint density at radius 1 is 1.28 bits per heavy atom. The Kier molecular flexibility index (Phi) is 3.78. The molecule has 0 unspecified atom stereocenters. The number of nitrogens with zero attached hydrogens (tertiary/aromatic N) is 1. The van der Waals surface area contributed by atoms with Gasteiger partial charge in [0.2, 0.25) is 0 Å². The maximum absolute atomic E-state index is 11.8. The highest BCUT2D eigenvalue weighted by molar-refractivity contribution is 7.99. The van der Waals surface area contributed by atoms with Gasteiger partial charge < -0.3 is 10.1 Å². The summed E-state index contributed by atoms with van der Waals surface area (Å²) in [5, 5.41) is 9.52. The van der Waals surface area contributed by atoms with Gasteiger partial charge >= 0.3 is 0 Å². The fourth-order valence-corrected chi connectivity index (χ4v) is 2.03. The third-order valence-corrected chi connectivity index (χ3v) is 3.06. The van der Waals surface area contributed by atoms with Crippen molar-refractivity contribution < 1.29 is 9.90 Å². The topological polar surface area (TPSA) is 83.0 Å². The first-order valence-electron chi connectivity index (χ1n) is 5.15. The number of H-pyrrole nitrogens is 1. The third kappa shape index (κ3) is 3.21. The SMILES string of the molecule is O=C(CSc1nccc(=O)[nH]1)c1ccc(O)cc1. The van der Waals surface area contributed by atoms with Crippen LogP contribution in [-0.4, -0.2) is 26.6 Å². The molecule has 0 saturated carbocycles. The van der Waals surface area contributed by atoms with Gasteiger partial charge in [0.05, 0.1) is 5.75 Å². The molecule has 0 radical (unpaired) electrons. The van der Waals surface area contributed by atoms with E-state index >= 15 is 0 Å². The van der Waals surface area contributed by atoms with Crippen LogP contribution in [0.3, 0.4) is 0 Å². The van der Waals surface area contributed by atoms with E-state index in [1.807, 2.05) is 0 Å². The van der Waals surface area contributed by atoms with Gasteiger partial charge in [0.1, 0.15) is 5.75 Å². The smallest absolute Gasteiger partial charge is 0.251 e. The van der Waals surface area contributed by atoms with Crippen LogP contribution >= 0.6 is 11.8 Å². The number of carbonyl (C=O) groups excluding carboxylic acids is 1. The normalized spacial score (nSPS) is 10.2. The second-order valence-electron chi connectivity index (χ2n) is 3.50. The zero-order valence-corrected chi connectivity index (χ0v) is 10.1. The largest absolute Gasteiger partial charge is 0.508 e. The van der Waals surface area contributed by atoms with Crippen LogP contribution in [0.5, 0.6) is 5.75 Å². The van der Waals surface area contributed by atoms with E-state index in [0.717, 1.165) is 11.8 Å². The molecule has 2 aromatic rings. The molecule has 1 heterocycles. The number of nitrogens with one attached hydrogen (secondary N) is 1. The number of Topliss-reactive ketones (excluding diaryl/α,β-unsaturated/α-hetero) is 1. The highest BCUT2D eigenvalue weighted by atomic mass is 32.2. The zero-order valence-electron chi connectivity index (χ0n) is 9.29. The first-order valence-corrected chi connectivity index (χ1v) is 6.14. The first-order chi connectivity index (χ1) is 8.65. The lowest BCUT2D eigenvalue weighted by molar-refractivity contribution is 0.102. The lowest BCUT2D eigenvalue weighted by atomic mass is 10.1. The van der Waals surface area contributed by atoms with Crippen LogP contribution in [0.25, 0.3) is 0 Å². The lowest BCUT2D eigenvalue weighted by Gasteiger charge is -2.01. The summed E-state index contributed by atoms with van der Waals surface area (Å²) in [5.74, 6) is 0.206. The van der Waals surface area contributed by atoms with Gasteiger partial charge in [-0.3, -0.25) is 9.59 Å². The molecule has 0 atom stereocenters. The van der Waals surface area contributed by atoms with E-state index < -0.39 is 0 Å². The predicted molar refractivity (Wildman–Crippen MR) is 68.0 cm³/mol. The fourth-order valence-electron chi connectivity index (χ4n) is 1.29. The average Bonchev–Trinajstić information content (AvgIpc) is 2.37. The molecule has 0 aliphatic heterocycles. The molecule has 1 aromatic carbocycles. The van der Waals surface area contributed by atoms with Crippen molar-refractivity contribution in [2.75, 3.05) is 5.75 Å². The summed E-state index contributed by atoms with van der Waals surface area (Å²) < 4.78 is 0. The minimum absolute atomic E-state index is 0.0912. The molecule has 0 saturated heterocycles. The van der Waals surface area contributed by atoms with Crippen LogP contribution < -0.4 is 5.56 Å². The Morgan fingerprint density at radius 2 is 2.00 bits per heavy atom. The van der Waals surface area contributed by atoms with Gasteiger partial charge in [0.15, 0.2) is 10.9 Å². The summed E-state index contributed by atoms with van der Waals surface area (Å²) in [6.07, 6.45) is 1.40. The standard InChI is InChI=1S/C12H10N2O3S/c15-9-3-1-8(2-4-9)10(16)7-18-12-13-6-5-11(17)14-12/h1-6,15H,7H2,(H,13,14,17). The number of aromatic hydroxyl groups is 1. The molecule has 0 aliphatic rings. The van der Waals surface area contributed by atoms with E-state index in [-0.39, 0.29) is 22.8 Å². The summed E-state index contributed by atoms with van der Waals surface area (Å²) in [7, 11) is 0. The molecule has 0 spiro atoms. The van der Waals surface area contributed by atoms with E-state index in [9.17, 15) is 9.59 Å². The Balaban J connectivity index is 2.00. The van der Waals surface area contributed by atoms with E-state index in [0.29, 0.717) is 10.7 Å². The Hall–Kier alpha value is -2.08. The van der Waals surface area contributed by atoms with E-state index in [1.165, 1.54) is 24.4 Å². The predicted octanol–water partition coefficient (Wildman–Crippen LogP) is 1.45. The van der Waals surface area contributed by atoms with Crippen LogP contribution in [0, 0.1) is 0 Å². The molecular weight excluding hydrogens is 252 g/mol. The van der Waals surface area contributed by atoms with Gasteiger partial charge in [-0.25, -0.2) is 4.98 Å². The zero-order chi connectivity index (χ0) is 13.0. The van der Waals surface area contributed by atoms with Gasteiger partial charge in [-0.1, -0.05) is 11.8 Å². The van der Waals surface area contributed by atoms with Gasteiger partial charge in [0.25, 0.3) is 5.56 Å². The van der Waals surface area contributed by atoms with Gasteiger partial charge in [0, 0.05) is 17.8 Å². The monoisotopic (exact) mass is 262 g/mol. The van der Waals surface area contributed by atoms with E-state index in [2.05, 4.69) is 9.97 Å². The van der Waals surface area contributed by atoms with Crippen molar-refractivity contribution >= 4 is 17.5 Å². The number of hydrogen-bond donors (Lipinski definition) is 2. The third-order valence-electron chi connectivity index (χ3n) is 2.18. The molecule has 6 heteroatoms. The molecule has 0 amide bonds.